The van der Waals surface area contributed by atoms with Crippen LogP contribution >= 0.6 is 11.6 Å². The Hall–Kier alpha value is -4.50. The minimum Gasteiger partial charge on any atom is -0.497 e. The van der Waals surface area contributed by atoms with Crippen molar-refractivity contribution < 1.29 is 23.8 Å². The van der Waals surface area contributed by atoms with Gasteiger partial charge in [-0.2, -0.15) is 0 Å². The second-order valence-electron chi connectivity index (χ2n) is 7.95. The number of imidazole rings is 1. The summed E-state index contributed by atoms with van der Waals surface area (Å²) in [6.45, 7) is 0.487. The van der Waals surface area contributed by atoms with Crippen molar-refractivity contribution in [3.63, 3.8) is 0 Å². The normalized spacial score (nSPS) is 10.5. The van der Waals surface area contributed by atoms with Crippen LogP contribution in [0.15, 0.2) is 73.2 Å². The Morgan fingerprint density at radius 1 is 0.865 bits per heavy atom. The quantitative estimate of drug-likeness (QED) is 0.317. The van der Waals surface area contributed by atoms with Gasteiger partial charge in [0.25, 0.3) is 11.8 Å². The molecular formula is C27H25ClN4O5. The number of nitrogens with one attached hydrogen (secondary N) is 2. The molecule has 4 rings (SSSR count). The van der Waals surface area contributed by atoms with Gasteiger partial charge in [-0.25, -0.2) is 4.98 Å². The molecule has 0 aliphatic carbocycles. The summed E-state index contributed by atoms with van der Waals surface area (Å²) in [6, 6.07) is 17.4. The van der Waals surface area contributed by atoms with E-state index in [9.17, 15) is 9.59 Å². The highest BCUT2D eigenvalue weighted by molar-refractivity contribution is 6.31. The minimum absolute atomic E-state index is 0.249. The highest BCUT2D eigenvalue weighted by atomic mass is 35.5. The van der Waals surface area contributed by atoms with Gasteiger partial charge in [0.2, 0.25) is 0 Å². The van der Waals surface area contributed by atoms with E-state index in [1.165, 1.54) is 14.2 Å². The Balaban J connectivity index is 1.38. The van der Waals surface area contributed by atoms with Crippen molar-refractivity contribution in [2.75, 3.05) is 32.0 Å². The molecule has 0 saturated carbocycles. The maximum absolute atomic E-state index is 12.7. The Bertz CT molecular complexity index is 1420. The largest absolute Gasteiger partial charge is 0.497 e. The number of methoxy groups -OCH3 is 3. The third-order valence-corrected chi connectivity index (χ3v) is 5.74. The van der Waals surface area contributed by atoms with E-state index in [1.54, 1.807) is 72.7 Å². The molecule has 1 heterocycles. The van der Waals surface area contributed by atoms with Crippen LogP contribution < -0.4 is 24.8 Å². The molecule has 2 N–H and O–H groups in total. The summed E-state index contributed by atoms with van der Waals surface area (Å²) in [4.78, 5) is 29.6. The van der Waals surface area contributed by atoms with Crippen LogP contribution in [-0.2, 0) is 6.54 Å². The van der Waals surface area contributed by atoms with Crippen LogP contribution in [0.25, 0.3) is 0 Å². The first-order valence-electron chi connectivity index (χ1n) is 11.2. The monoisotopic (exact) mass is 520 g/mol. The van der Waals surface area contributed by atoms with Crippen molar-refractivity contribution in [1.29, 1.82) is 0 Å². The maximum atomic E-state index is 12.7. The average molecular weight is 521 g/mol. The zero-order valence-corrected chi connectivity index (χ0v) is 21.2. The van der Waals surface area contributed by atoms with Crippen molar-refractivity contribution >= 4 is 34.8 Å². The number of anilines is 2. The minimum atomic E-state index is -0.383. The van der Waals surface area contributed by atoms with Crippen molar-refractivity contribution in [3.05, 3.63) is 95.0 Å². The highest BCUT2D eigenvalue weighted by Gasteiger charge is 2.15. The molecule has 0 radical (unpaired) electrons. The molecule has 0 aliphatic rings. The third-order valence-electron chi connectivity index (χ3n) is 5.51. The fourth-order valence-corrected chi connectivity index (χ4v) is 3.79. The van der Waals surface area contributed by atoms with Crippen molar-refractivity contribution in [2.24, 2.45) is 0 Å². The molecule has 0 fully saturated rings. The Kier molecular flexibility index (Phi) is 7.95. The molecule has 4 aromatic rings. The number of carbonyl (C=O) groups excluding carboxylic acids is 2. The molecule has 3 aromatic carbocycles. The lowest BCUT2D eigenvalue weighted by Crippen LogP contribution is -2.13. The predicted octanol–water partition coefficient (Wildman–Crippen LogP) is 5.12. The van der Waals surface area contributed by atoms with E-state index in [1.807, 2.05) is 12.1 Å². The van der Waals surface area contributed by atoms with E-state index in [-0.39, 0.29) is 17.5 Å². The van der Waals surface area contributed by atoms with Gasteiger partial charge in [0.1, 0.15) is 22.9 Å². The summed E-state index contributed by atoms with van der Waals surface area (Å²) in [5, 5.41) is 6.11. The van der Waals surface area contributed by atoms with Gasteiger partial charge >= 0.3 is 0 Å². The molecule has 37 heavy (non-hydrogen) atoms. The second-order valence-corrected chi connectivity index (χ2v) is 8.38. The molecule has 10 heteroatoms. The van der Waals surface area contributed by atoms with Crippen molar-refractivity contribution in [1.82, 2.24) is 9.55 Å². The van der Waals surface area contributed by atoms with Crippen LogP contribution in [0.1, 0.15) is 26.4 Å². The topological polar surface area (TPSA) is 104 Å². The van der Waals surface area contributed by atoms with Gasteiger partial charge in [-0.1, -0.05) is 23.7 Å². The van der Waals surface area contributed by atoms with Gasteiger partial charge < -0.3 is 29.4 Å². The van der Waals surface area contributed by atoms with Gasteiger partial charge in [0.05, 0.1) is 38.9 Å². The molecule has 0 aliphatic heterocycles. The van der Waals surface area contributed by atoms with E-state index < -0.39 is 0 Å². The molecule has 0 saturated heterocycles. The maximum Gasteiger partial charge on any atom is 0.275 e. The van der Waals surface area contributed by atoms with E-state index in [0.29, 0.717) is 45.8 Å². The number of benzene rings is 3. The second kappa shape index (κ2) is 11.5. The number of amides is 2. The average Bonchev–Trinajstić information content (AvgIpc) is 3.38. The number of halogens is 1. The number of ether oxygens (including phenoxy) is 3. The van der Waals surface area contributed by atoms with Gasteiger partial charge in [-0.05, 0) is 48.0 Å². The number of rotatable bonds is 9. The van der Waals surface area contributed by atoms with Crippen LogP contribution in [0.3, 0.4) is 0 Å². The predicted molar refractivity (Wildman–Crippen MR) is 141 cm³/mol. The van der Waals surface area contributed by atoms with Crippen LogP contribution in [0.4, 0.5) is 11.4 Å². The summed E-state index contributed by atoms with van der Waals surface area (Å²) >= 11 is 6.03. The van der Waals surface area contributed by atoms with Gasteiger partial charge in [0.15, 0.2) is 0 Å². The first-order chi connectivity index (χ1) is 17.9. The molecular weight excluding hydrogens is 496 g/mol. The SMILES string of the molecule is COc1ccc(C(=O)Nc2ccc(Cn3cnc(C(=O)Nc4cc(Cl)ccc4OC)c3)cc2)c(OC)c1. The molecule has 0 atom stereocenters. The Morgan fingerprint density at radius 2 is 1.62 bits per heavy atom. The van der Waals surface area contributed by atoms with Gasteiger partial charge in [-0.3, -0.25) is 9.59 Å². The van der Waals surface area contributed by atoms with E-state index in [2.05, 4.69) is 15.6 Å². The van der Waals surface area contributed by atoms with Gasteiger partial charge in [-0.15, -0.1) is 0 Å². The Morgan fingerprint density at radius 3 is 2.32 bits per heavy atom. The number of nitrogens with zero attached hydrogens (tertiary/aromatic N) is 2. The van der Waals surface area contributed by atoms with Gasteiger partial charge in [0, 0.05) is 29.5 Å². The smallest absolute Gasteiger partial charge is 0.275 e. The number of hydrogen-bond donors (Lipinski definition) is 2. The summed E-state index contributed by atoms with van der Waals surface area (Å²) in [7, 11) is 4.56. The number of carbonyl (C=O) groups is 2. The zero-order valence-electron chi connectivity index (χ0n) is 20.4. The molecule has 2 amide bonds. The van der Waals surface area contributed by atoms with E-state index in [4.69, 9.17) is 25.8 Å². The molecule has 1 aromatic heterocycles. The highest BCUT2D eigenvalue weighted by Crippen LogP contribution is 2.28. The van der Waals surface area contributed by atoms with Crippen molar-refractivity contribution in [3.8, 4) is 17.2 Å². The van der Waals surface area contributed by atoms with Crippen molar-refractivity contribution in [2.45, 2.75) is 6.54 Å². The summed E-state index contributed by atoms with van der Waals surface area (Å²) in [5.41, 5.74) is 2.69. The van der Waals surface area contributed by atoms with E-state index >= 15 is 0 Å². The zero-order chi connectivity index (χ0) is 26.4. The third kappa shape index (κ3) is 6.20. The summed E-state index contributed by atoms with van der Waals surface area (Å²) < 4.78 is 17.5. The molecule has 0 unspecified atom stereocenters. The molecule has 0 spiro atoms. The lowest BCUT2D eigenvalue weighted by Gasteiger charge is -2.11. The van der Waals surface area contributed by atoms with Crippen LogP contribution in [-0.4, -0.2) is 42.7 Å². The first-order valence-corrected chi connectivity index (χ1v) is 11.6. The standard InChI is InChI=1S/C27H25ClN4O5/c1-35-20-9-10-21(25(13-20)37-3)26(33)30-19-7-4-17(5-8-19)14-32-15-23(29-16-32)27(34)31-22-12-18(28)6-11-24(22)36-2/h4-13,15-16H,14H2,1-3H3,(H,30,33)(H,31,34). The fourth-order valence-electron chi connectivity index (χ4n) is 3.62. The number of aromatic nitrogens is 2. The van der Waals surface area contributed by atoms with E-state index in [0.717, 1.165) is 5.56 Å². The summed E-state index contributed by atoms with van der Waals surface area (Å²) in [5.74, 6) is 0.833. The van der Waals surface area contributed by atoms with Crippen LogP contribution in [0.5, 0.6) is 17.2 Å². The lowest BCUT2D eigenvalue weighted by atomic mass is 10.1. The summed E-state index contributed by atoms with van der Waals surface area (Å²) in [6.07, 6.45) is 3.23. The van der Waals surface area contributed by atoms with Crippen LogP contribution in [0.2, 0.25) is 5.02 Å². The molecule has 9 nitrogen and oxygen atoms in total. The Labute approximate surface area is 218 Å². The fraction of sp³-hybridized carbons (Fsp3) is 0.148. The first kappa shape index (κ1) is 25.6. The van der Waals surface area contributed by atoms with Crippen LogP contribution in [0, 0.1) is 0 Å². The number of hydrogen-bond acceptors (Lipinski definition) is 6. The lowest BCUT2D eigenvalue weighted by molar-refractivity contribution is 0.101. The molecule has 0 bridgehead atoms. The molecule has 190 valence electrons.